The van der Waals surface area contributed by atoms with E-state index < -0.39 is 0 Å². The molecule has 0 saturated carbocycles. The first-order valence-electron chi connectivity index (χ1n) is 4.82. The molecule has 1 aromatic rings. The summed E-state index contributed by atoms with van der Waals surface area (Å²) in [7, 11) is 0. The maximum absolute atomic E-state index is 5.66. The molecule has 0 amide bonds. The van der Waals surface area contributed by atoms with Gasteiger partial charge in [-0.2, -0.15) is 5.10 Å². The molecule has 0 unspecified atom stereocenters. The molecule has 0 aliphatic heterocycles. The Morgan fingerprint density at radius 1 is 1.07 bits per heavy atom. The van der Waals surface area contributed by atoms with Gasteiger partial charge in [0.2, 0.25) is 0 Å². The third kappa shape index (κ3) is 5.05. The third-order valence-electron chi connectivity index (χ3n) is 1.85. The van der Waals surface area contributed by atoms with E-state index in [1.807, 2.05) is 41.6 Å². The lowest BCUT2D eigenvalue weighted by molar-refractivity contribution is 0.327. The van der Waals surface area contributed by atoms with Crippen LogP contribution in [0.25, 0.3) is 0 Å². The van der Waals surface area contributed by atoms with Gasteiger partial charge in [-0.3, -0.25) is 5.01 Å². The predicted molar refractivity (Wildman–Crippen MR) is 67.0 cm³/mol. The average molecular weight is 245 g/mol. The molecule has 2 nitrogen and oxygen atoms in total. The van der Waals surface area contributed by atoms with Gasteiger partial charge in [-0.15, -0.1) is 23.2 Å². The van der Waals surface area contributed by atoms with Gasteiger partial charge in [0.1, 0.15) is 0 Å². The minimum absolute atomic E-state index is 0.559. The van der Waals surface area contributed by atoms with Gasteiger partial charge in [-0.25, -0.2) is 0 Å². The fourth-order valence-corrected chi connectivity index (χ4v) is 1.50. The van der Waals surface area contributed by atoms with Gasteiger partial charge in [-0.05, 0) is 5.56 Å². The van der Waals surface area contributed by atoms with E-state index in [9.17, 15) is 0 Å². The summed E-state index contributed by atoms with van der Waals surface area (Å²) in [5.74, 6) is 1.12. The highest BCUT2D eigenvalue weighted by Crippen LogP contribution is 1.97. The topological polar surface area (TPSA) is 15.6 Å². The summed E-state index contributed by atoms with van der Waals surface area (Å²) in [5, 5.41) is 6.18. The summed E-state index contributed by atoms with van der Waals surface area (Å²) in [6, 6.07) is 9.95. The van der Waals surface area contributed by atoms with Gasteiger partial charge in [-0.1, -0.05) is 30.3 Å². The Bertz CT molecular complexity index is 282. The van der Waals surface area contributed by atoms with Crippen LogP contribution in [0.15, 0.2) is 35.4 Å². The van der Waals surface area contributed by atoms with Crippen molar-refractivity contribution < 1.29 is 0 Å². The lowest BCUT2D eigenvalue weighted by Crippen LogP contribution is -2.22. The fraction of sp³-hybridized carbons (Fsp3) is 0.364. The van der Waals surface area contributed by atoms with E-state index in [-0.39, 0.29) is 0 Å². The van der Waals surface area contributed by atoms with Gasteiger partial charge >= 0.3 is 0 Å². The zero-order valence-electron chi connectivity index (χ0n) is 8.44. The number of rotatable bonds is 6. The van der Waals surface area contributed by atoms with Crippen LogP contribution < -0.4 is 0 Å². The molecule has 0 heterocycles. The Hall–Kier alpha value is -0.730. The van der Waals surface area contributed by atoms with E-state index in [0.717, 1.165) is 18.7 Å². The van der Waals surface area contributed by atoms with Crippen LogP contribution in [0.5, 0.6) is 0 Å². The van der Waals surface area contributed by atoms with Gasteiger partial charge in [0.15, 0.2) is 0 Å². The molecule has 0 fully saturated rings. The van der Waals surface area contributed by atoms with Crippen molar-refractivity contribution in [1.29, 1.82) is 0 Å². The Labute approximate surface area is 100 Å². The number of hydrogen-bond acceptors (Lipinski definition) is 2. The Morgan fingerprint density at radius 2 is 1.67 bits per heavy atom. The molecule has 0 atom stereocenters. The van der Waals surface area contributed by atoms with Crippen LogP contribution in [-0.4, -0.2) is 36.1 Å². The summed E-state index contributed by atoms with van der Waals surface area (Å²) < 4.78 is 0. The standard InChI is InChI=1S/C11H14Cl2N2/c12-6-8-15(9-7-13)14-10-11-4-2-1-3-5-11/h1-5,10H,6-9H2/b14-10-. The van der Waals surface area contributed by atoms with Crippen LogP contribution in [-0.2, 0) is 0 Å². The molecular weight excluding hydrogens is 231 g/mol. The zero-order chi connectivity index (χ0) is 10.9. The molecule has 0 radical (unpaired) electrons. The van der Waals surface area contributed by atoms with Crippen LogP contribution in [0.2, 0.25) is 0 Å². The van der Waals surface area contributed by atoms with E-state index in [4.69, 9.17) is 23.2 Å². The molecule has 1 rings (SSSR count). The van der Waals surface area contributed by atoms with Crippen molar-refractivity contribution in [3.63, 3.8) is 0 Å². The first kappa shape index (κ1) is 12.3. The second kappa shape index (κ2) is 7.55. The second-order valence-electron chi connectivity index (χ2n) is 2.99. The number of halogens is 2. The van der Waals surface area contributed by atoms with Crippen molar-refractivity contribution in [1.82, 2.24) is 5.01 Å². The van der Waals surface area contributed by atoms with E-state index in [0.29, 0.717) is 11.8 Å². The Morgan fingerprint density at radius 3 is 2.20 bits per heavy atom. The minimum Gasteiger partial charge on any atom is -0.295 e. The van der Waals surface area contributed by atoms with Crippen molar-refractivity contribution in [3.05, 3.63) is 35.9 Å². The summed E-state index contributed by atoms with van der Waals surface area (Å²) in [6.45, 7) is 1.44. The van der Waals surface area contributed by atoms with E-state index in [1.54, 1.807) is 0 Å². The smallest absolute Gasteiger partial charge is 0.0542 e. The van der Waals surface area contributed by atoms with Gasteiger partial charge in [0, 0.05) is 24.8 Å². The molecule has 0 aromatic heterocycles. The molecule has 0 N–H and O–H groups in total. The Balaban J connectivity index is 2.53. The lowest BCUT2D eigenvalue weighted by Gasteiger charge is -2.15. The number of hydrazone groups is 1. The van der Waals surface area contributed by atoms with Crippen molar-refractivity contribution in [3.8, 4) is 0 Å². The maximum Gasteiger partial charge on any atom is 0.0542 e. The molecular formula is C11H14Cl2N2. The zero-order valence-corrected chi connectivity index (χ0v) is 9.95. The summed E-state index contributed by atoms with van der Waals surface area (Å²) in [4.78, 5) is 0. The van der Waals surface area contributed by atoms with Crippen LogP contribution in [0.4, 0.5) is 0 Å². The molecule has 15 heavy (non-hydrogen) atoms. The third-order valence-corrected chi connectivity index (χ3v) is 2.19. The molecule has 0 bridgehead atoms. The predicted octanol–water partition coefficient (Wildman–Crippen LogP) is 2.80. The van der Waals surface area contributed by atoms with Crippen molar-refractivity contribution in [2.75, 3.05) is 24.8 Å². The lowest BCUT2D eigenvalue weighted by atomic mass is 10.2. The summed E-state index contributed by atoms with van der Waals surface area (Å²) >= 11 is 11.3. The molecule has 1 aromatic carbocycles. The highest BCUT2D eigenvalue weighted by molar-refractivity contribution is 6.18. The number of nitrogens with zero attached hydrogens (tertiary/aromatic N) is 2. The number of alkyl halides is 2. The second-order valence-corrected chi connectivity index (χ2v) is 3.74. The molecule has 0 spiro atoms. The number of benzene rings is 1. The highest BCUT2D eigenvalue weighted by atomic mass is 35.5. The fourth-order valence-electron chi connectivity index (χ4n) is 1.11. The highest BCUT2D eigenvalue weighted by Gasteiger charge is 1.97. The molecule has 82 valence electrons. The quantitative estimate of drug-likeness (QED) is 0.427. The van der Waals surface area contributed by atoms with Crippen LogP contribution in [0, 0.1) is 0 Å². The average Bonchev–Trinajstić information content (AvgIpc) is 2.28. The van der Waals surface area contributed by atoms with Gasteiger partial charge in [0.05, 0.1) is 6.21 Å². The van der Waals surface area contributed by atoms with Crippen molar-refractivity contribution >= 4 is 29.4 Å². The summed E-state index contributed by atoms with van der Waals surface area (Å²) in [5.41, 5.74) is 1.08. The van der Waals surface area contributed by atoms with E-state index in [2.05, 4.69) is 5.10 Å². The molecule has 0 aliphatic carbocycles. The molecule has 0 aliphatic rings. The van der Waals surface area contributed by atoms with E-state index >= 15 is 0 Å². The van der Waals surface area contributed by atoms with Crippen molar-refractivity contribution in [2.45, 2.75) is 0 Å². The van der Waals surface area contributed by atoms with Crippen LogP contribution >= 0.6 is 23.2 Å². The van der Waals surface area contributed by atoms with E-state index in [1.165, 1.54) is 0 Å². The minimum atomic E-state index is 0.559. The Kier molecular flexibility index (Phi) is 6.21. The first-order chi connectivity index (χ1) is 7.36. The largest absolute Gasteiger partial charge is 0.295 e. The van der Waals surface area contributed by atoms with Crippen molar-refractivity contribution in [2.24, 2.45) is 5.10 Å². The SMILES string of the molecule is ClCCN(CCCl)/N=C\c1ccccc1. The maximum atomic E-state index is 5.66. The van der Waals surface area contributed by atoms with Crippen LogP contribution in [0.3, 0.4) is 0 Å². The van der Waals surface area contributed by atoms with Gasteiger partial charge in [0.25, 0.3) is 0 Å². The van der Waals surface area contributed by atoms with Gasteiger partial charge < -0.3 is 0 Å². The normalized spacial score (nSPS) is 10.8. The summed E-state index contributed by atoms with van der Waals surface area (Å²) in [6.07, 6.45) is 1.82. The molecule has 0 saturated heterocycles. The first-order valence-corrected chi connectivity index (χ1v) is 5.89. The monoisotopic (exact) mass is 244 g/mol. The number of hydrogen-bond donors (Lipinski definition) is 0. The molecule has 4 heteroatoms. The van der Waals surface area contributed by atoms with Crippen LogP contribution in [0.1, 0.15) is 5.56 Å².